The van der Waals surface area contributed by atoms with Crippen molar-refractivity contribution in [3.8, 4) is 5.75 Å². The van der Waals surface area contributed by atoms with Crippen LogP contribution in [0, 0.1) is 0 Å². The molecule has 0 aromatic heterocycles. The van der Waals surface area contributed by atoms with Crippen molar-refractivity contribution in [2.75, 3.05) is 19.7 Å². The van der Waals surface area contributed by atoms with Crippen molar-refractivity contribution in [2.45, 2.75) is 50.2 Å². The van der Waals surface area contributed by atoms with Crippen LogP contribution in [0.4, 0.5) is 13.2 Å². The zero-order chi connectivity index (χ0) is 23.5. The molecular weight excluding hydrogens is 431 g/mol. The second-order valence-electron chi connectivity index (χ2n) is 8.83. The first-order chi connectivity index (χ1) is 15.8. The molecule has 0 radical (unpaired) electrons. The van der Waals surface area contributed by atoms with Crippen molar-refractivity contribution in [2.24, 2.45) is 0 Å². The van der Waals surface area contributed by atoms with Gasteiger partial charge in [-0.05, 0) is 66.6 Å². The molecule has 2 aromatic rings. The van der Waals surface area contributed by atoms with Crippen LogP contribution < -0.4 is 4.74 Å². The highest BCUT2D eigenvalue weighted by Gasteiger charge is 2.64. The molecule has 0 saturated heterocycles. The normalized spacial score (nSPS) is 17.7. The summed E-state index contributed by atoms with van der Waals surface area (Å²) in [6.07, 6.45) is 1.55. The van der Waals surface area contributed by atoms with E-state index in [1.807, 2.05) is 24.3 Å². The lowest BCUT2D eigenvalue weighted by Crippen LogP contribution is -2.31. The Bertz CT molecular complexity index is 1010. The van der Waals surface area contributed by atoms with Crippen LogP contribution in [0.1, 0.15) is 47.9 Å². The lowest BCUT2D eigenvalue weighted by molar-refractivity contribution is -0.160. The topological polar surface area (TPSA) is 49.8 Å². The molecule has 7 heteroatoms. The average molecular weight is 460 g/mol. The van der Waals surface area contributed by atoms with E-state index in [0.717, 1.165) is 37.4 Å². The summed E-state index contributed by atoms with van der Waals surface area (Å²) in [6, 6.07) is 12.6. The number of carbonyl (C=O) groups is 1. The third-order valence-electron chi connectivity index (χ3n) is 6.57. The van der Waals surface area contributed by atoms with E-state index in [2.05, 4.69) is 11.0 Å². The number of halogens is 3. The third kappa shape index (κ3) is 5.41. The second kappa shape index (κ2) is 9.59. The minimum absolute atomic E-state index is 0.168. The lowest BCUT2D eigenvalue weighted by Gasteiger charge is -2.29. The SMILES string of the molecule is O=C(O)CCCN1CCc2c(cccc2OC/C=C/c2ccc(C3(C(F)(F)F)CC3)cc2)C1. The number of carboxylic acid groups (broad SMARTS) is 1. The summed E-state index contributed by atoms with van der Waals surface area (Å²) in [6.45, 7) is 2.79. The number of hydrogen-bond acceptors (Lipinski definition) is 3. The molecular formula is C26H28F3NO3. The number of alkyl halides is 3. The van der Waals surface area contributed by atoms with E-state index in [9.17, 15) is 18.0 Å². The summed E-state index contributed by atoms with van der Waals surface area (Å²) in [5.41, 5.74) is 1.93. The van der Waals surface area contributed by atoms with Gasteiger partial charge in [-0.3, -0.25) is 9.69 Å². The van der Waals surface area contributed by atoms with E-state index in [1.165, 1.54) is 11.1 Å². The summed E-state index contributed by atoms with van der Waals surface area (Å²) >= 11 is 0. The first-order valence-corrected chi connectivity index (χ1v) is 11.3. The molecule has 0 atom stereocenters. The Kier molecular flexibility index (Phi) is 6.79. The fraction of sp³-hybridized carbons (Fsp3) is 0.423. The van der Waals surface area contributed by atoms with Crippen LogP contribution in [0.5, 0.6) is 5.75 Å². The molecule has 2 aliphatic rings. The van der Waals surface area contributed by atoms with E-state index in [-0.39, 0.29) is 19.3 Å². The number of fused-ring (bicyclic) bond motifs is 1. The smallest absolute Gasteiger partial charge is 0.398 e. The van der Waals surface area contributed by atoms with Gasteiger partial charge in [-0.25, -0.2) is 0 Å². The van der Waals surface area contributed by atoms with Gasteiger partial charge < -0.3 is 9.84 Å². The zero-order valence-corrected chi connectivity index (χ0v) is 18.4. The minimum Gasteiger partial charge on any atom is -0.489 e. The van der Waals surface area contributed by atoms with Gasteiger partial charge in [0.1, 0.15) is 12.4 Å². The summed E-state index contributed by atoms with van der Waals surface area (Å²) < 4.78 is 45.8. The van der Waals surface area contributed by atoms with Crippen LogP contribution >= 0.6 is 0 Å². The zero-order valence-electron chi connectivity index (χ0n) is 18.4. The van der Waals surface area contributed by atoms with Crippen molar-refractivity contribution in [1.82, 2.24) is 4.90 Å². The number of benzene rings is 2. The van der Waals surface area contributed by atoms with Crippen molar-refractivity contribution in [3.63, 3.8) is 0 Å². The van der Waals surface area contributed by atoms with Gasteiger partial charge in [-0.1, -0.05) is 42.5 Å². The predicted molar refractivity (Wildman–Crippen MR) is 120 cm³/mol. The molecule has 33 heavy (non-hydrogen) atoms. The summed E-state index contributed by atoms with van der Waals surface area (Å²) in [4.78, 5) is 13.0. The maximum atomic E-state index is 13.3. The van der Waals surface area contributed by atoms with E-state index >= 15 is 0 Å². The first kappa shape index (κ1) is 23.4. The van der Waals surface area contributed by atoms with Crippen LogP contribution in [0.25, 0.3) is 6.08 Å². The molecule has 1 fully saturated rings. The second-order valence-corrected chi connectivity index (χ2v) is 8.83. The summed E-state index contributed by atoms with van der Waals surface area (Å²) in [5.74, 6) is 0.0822. The summed E-state index contributed by atoms with van der Waals surface area (Å²) in [7, 11) is 0. The van der Waals surface area contributed by atoms with Crippen LogP contribution in [0.15, 0.2) is 48.5 Å². The van der Waals surface area contributed by atoms with Gasteiger partial charge in [0, 0.05) is 19.5 Å². The quantitative estimate of drug-likeness (QED) is 0.531. The molecule has 0 unspecified atom stereocenters. The van der Waals surface area contributed by atoms with Crippen molar-refractivity contribution >= 4 is 12.0 Å². The fourth-order valence-electron chi connectivity index (χ4n) is 4.51. The molecule has 0 bridgehead atoms. The molecule has 1 N–H and O–H groups in total. The van der Waals surface area contributed by atoms with Gasteiger partial charge in [-0.2, -0.15) is 13.2 Å². The molecule has 4 nitrogen and oxygen atoms in total. The van der Waals surface area contributed by atoms with Crippen LogP contribution in [0.2, 0.25) is 0 Å². The van der Waals surface area contributed by atoms with Crippen molar-refractivity contribution in [3.05, 3.63) is 70.8 Å². The van der Waals surface area contributed by atoms with Crippen molar-refractivity contribution < 1.29 is 27.8 Å². The number of ether oxygens (including phenoxy) is 1. The maximum absolute atomic E-state index is 13.3. The van der Waals surface area contributed by atoms with Gasteiger partial charge in [0.05, 0.1) is 5.41 Å². The first-order valence-electron chi connectivity index (χ1n) is 11.3. The Labute approximate surface area is 191 Å². The summed E-state index contributed by atoms with van der Waals surface area (Å²) in [5, 5.41) is 8.81. The number of aliphatic carboxylic acids is 1. The fourth-order valence-corrected chi connectivity index (χ4v) is 4.51. The molecule has 0 amide bonds. The van der Waals surface area contributed by atoms with Gasteiger partial charge in [0.2, 0.25) is 0 Å². The number of carboxylic acids is 1. The number of nitrogens with zero attached hydrogens (tertiary/aromatic N) is 1. The highest BCUT2D eigenvalue weighted by molar-refractivity contribution is 5.66. The third-order valence-corrected chi connectivity index (χ3v) is 6.57. The minimum atomic E-state index is -4.19. The maximum Gasteiger partial charge on any atom is 0.398 e. The molecule has 176 valence electrons. The monoisotopic (exact) mass is 459 g/mol. The highest BCUT2D eigenvalue weighted by Crippen LogP contribution is 2.58. The van der Waals surface area contributed by atoms with E-state index in [1.54, 1.807) is 24.3 Å². The number of hydrogen-bond donors (Lipinski definition) is 1. The molecule has 4 rings (SSSR count). The molecule has 1 aliphatic carbocycles. The standard InChI is InChI=1S/C26H28F3NO3/c27-26(28,29)25(13-14-25)21-10-8-19(9-11-21)4-3-17-33-23-6-1-5-20-18-30(16-12-22(20)23)15-2-7-24(31)32/h1,3-6,8-11H,2,7,12-18H2,(H,31,32)/b4-3+. The Balaban J connectivity index is 1.30. The molecule has 1 heterocycles. The van der Waals surface area contributed by atoms with Crippen LogP contribution in [0.3, 0.4) is 0 Å². The largest absolute Gasteiger partial charge is 0.489 e. The number of rotatable bonds is 9. The Morgan fingerprint density at radius 1 is 1.15 bits per heavy atom. The van der Waals surface area contributed by atoms with Gasteiger partial charge in [0.25, 0.3) is 0 Å². The molecule has 2 aromatic carbocycles. The Hall–Kier alpha value is -2.80. The van der Waals surface area contributed by atoms with Gasteiger partial charge >= 0.3 is 12.1 Å². The van der Waals surface area contributed by atoms with E-state index in [0.29, 0.717) is 18.6 Å². The molecule has 1 aliphatic heterocycles. The van der Waals surface area contributed by atoms with Crippen LogP contribution in [-0.2, 0) is 23.2 Å². The van der Waals surface area contributed by atoms with Crippen molar-refractivity contribution in [1.29, 1.82) is 0 Å². The van der Waals surface area contributed by atoms with Gasteiger partial charge in [-0.15, -0.1) is 0 Å². The Morgan fingerprint density at radius 3 is 2.58 bits per heavy atom. The average Bonchev–Trinajstić information content (AvgIpc) is 3.59. The van der Waals surface area contributed by atoms with E-state index < -0.39 is 17.6 Å². The van der Waals surface area contributed by atoms with Crippen LogP contribution in [-0.4, -0.2) is 41.8 Å². The molecule has 1 saturated carbocycles. The Morgan fingerprint density at radius 2 is 1.91 bits per heavy atom. The molecule has 0 spiro atoms. The highest BCUT2D eigenvalue weighted by atomic mass is 19.4. The van der Waals surface area contributed by atoms with E-state index in [4.69, 9.17) is 9.84 Å². The lowest BCUT2D eigenvalue weighted by atomic mass is 9.94. The predicted octanol–water partition coefficient (Wildman–Crippen LogP) is 5.60. The van der Waals surface area contributed by atoms with Gasteiger partial charge in [0.15, 0.2) is 0 Å².